The molecule has 0 spiro atoms. The van der Waals surface area contributed by atoms with Gasteiger partial charge in [-0.05, 0) is 23.8 Å². The fourth-order valence-electron chi connectivity index (χ4n) is 1.54. The average molecular weight is 200 g/mol. The van der Waals surface area contributed by atoms with E-state index in [0.29, 0.717) is 0 Å². The lowest BCUT2D eigenvalue weighted by molar-refractivity contribution is -0.671. The zero-order valence-corrected chi connectivity index (χ0v) is 8.97. The van der Waals surface area contributed by atoms with E-state index in [0.717, 1.165) is 5.75 Å². The predicted molar refractivity (Wildman–Crippen MR) is 59.6 cm³/mol. The maximum Gasteiger partial charge on any atom is 0.176 e. The molecule has 0 radical (unpaired) electrons. The molecule has 2 aromatic rings. The summed E-state index contributed by atoms with van der Waals surface area (Å²) in [5.41, 5.74) is 2.41. The number of benzene rings is 1. The second-order valence-electron chi connectivity index (χ2n) is 3.49. The van der Waals surface area contributed by atoms with E-state index < -0.39 is 0 Å². The normalized spacial score (nSPS) is 10.0. The number of pyridine rings is 1. The van der Waals surface area contributed by atoms with E-state index in [1.807, 2.05) is 36.0 Å². The van der Waals surface area contributed by atoms with Crippen molar-refractivity contribution in [1.82, 2.24) is 0 Å². The third-order valence-electron chi connectivity index (χ3n) is 2.36. The highest BCUT2D eigenvalue weighted by Gasteiger charge is 2.01. The molecule has 0 N–H and O–H groups in total. The van der Waals surface area contributed by atoms with Gasteiger partial charge in [0.1, 0.15) is 12.8 Å². The van der Waals surface area contributed by atoms with E-state index >= 15 is 0 Å². The van der Waals surface area contributed by atoms with E-state index in [4.69, 9.17) is 4.74 Å². The largest absolute Gasteiger partial charge is 0.497 e. The molecular weight excluding hydrogens is 186 g/mol. The van der Waals surface area contributed by atoms with Gasteiger partial charge in [0.05, 0.1) is 7.11 Å². The molecule has 2 rings (SSSR count). The number of hydrogen-bond donors (Lipinski definition) is 0. The SMILES string of the molecule is COc1ccc(-c2ccc[n+](C)c2)cc1. The molecule has 0 bridgehead atoms. The summed E-state index contributed by atoms with van der Waals surface area (Å²) in [7, 11) is 3.70. The topological polar surface area (TPSA) is 13.1 Å². The van der Waals surface area contributed by atoms with Crippen LogP contribution >= 0.6 is 0 Å². The molecule has 2 nitrogen and oxygen atoms in total. The molecule has 0 aliphatic rings. The molecule has 0 saturated carbocycles. The minimum Gasteiger partial charge on any atom is -0.497 e. The van der Waals surface area contributed by atoms with Gasteiger partial charge in [-0.2, -0.15) is 0 Å². The molecule has 0 fully saturated rings. The summed E-state index contributed by atoms with van der Waals surface area (Å²) < 4.78 is 7.16. The first-order valence-corrected chi connectivity index (χ1v) is 4.89. The summed E-state index contributed by atoms with van der Waals surface area (Å²) >= 11 is 0. The number of aromatic nitrogens is 1. The maximum absolute atomic E-state index is 5.12. The number of nitrogens with zero attached hydrogens (tertiary/aromatic N) is 1. The Morgan fingerprint density at radius 1 is 1.00 bits per heavy atom. The van der Waals surface area contributed by atoms with Crippen molar-refractivity contribution in [2.75, 3.05) is 7.11 Å². The molecule has 76 valence electrons. The molecular formula is C13H14NO+. The van der Waals surface area contributed by atoms with Gasteiger partial charge in [0.25, 0.3) is 0 Å². The van der Waals surface area contributed by atoms with Crippen LogP contribution in [-0.2, 0) is 7.05 Å². The van der Waals surface area contributed by atoms with Crippen molar-refractivity contribution in [3.05, 3.63) is 48.8 Å². The molecule has 0 unspecified atom stereocenters. The highest BCUT2D eigenvalue weighted by atomic mass is 16.5. The number of rotatable bonds is 2. The predicted octanol–water partition coefficient (Wildman–Crippen LogP) is 2.19. The lowest BCUT2D eigenvalue weighted by atomic mass is 10.1. The van der Waals surface area contributed by atoms with Crippen LogP contribution in [0.4, 0.5) is 0 Å². The van der Waals surface area contributed by atoms with Crippen molar-refractivity contribution in [3.63, 3.8) is 0 Å². The fourth-order valence-corrected chi connectivity index (χ4v) is 1.54. The van der Waals surface area contributed by atoms with Crippen molar-refractivity contribution < 1.29 is 9.30 Å². The highest BCUT2D eigenvalue weighted by molar-refractivity contribution is 5.62. The van der Waals surface area contributed by atoms with Crippen molar-refractivity contribution >= 4 is 0 Å². The number of hydrogen-bond acceptors (Lipinski definition) is 1. The zero-order chi connectivity index (χ0) is 10.7. The van der Waals surface area contributed by atoms with E-state index in [2.05, 4.69) is 24.4 Å². The molecule has 15 heavy (non-hydrogen) atoms. The molecule has 0 saturated heterocycles. The van der Waals surface area contributed by atoms with Crippen LogP contribution in [0.5, 0.6) is 5.75 Å². The second kappa shape index (κ2) is 4.13. The van der Waals surface area contributed by atoms with Crippen LogP contribution in [0.1, 0.15) is 0 Å². The zero-order valence-electron chi connectivity index (χ0n) is 8.97. The second-order valence-corrected chi connectivity index (χ2v) is 3.49. The van der Waals surface area contributed by atoms with Gasteiger partial charge in [0.15, 0.2) is 12.4 Å². The smallest absolute Gasteiger partial charge is 0.176 e. The Labute approximate surface area is 89.8 Å². The minimum absolute atomic E-state index is 0.888. The van der Waals surface area contributed by atoms with E-state index in [-0.39, 0.29) is 0 Å². The summed E-state index contributed by atoms with van der Waals surface area (Å²) in [6.45, 7) is 0. The lowest BCUT2D eigenvalue weighted by Gasteiger charge is -2.02. The quantitative estimate of drug-likeness (QED) is 0.677. The van der Waals surface area contributed by atoms with Gasteiger partial charge in [0, 0.05) is 11.6 Å². The Kier molecular flexibility index (Phi) is 2.68. The molecule has 1 aromatic carbocycles. The molecule has 2 heteroatoms. The van der Waals surface area contributed by atoms with Crippen LogP contribution in [0, 0.1) is 0 Å². The van der Waals surface area contributed by atoms with Gasteiger partial charge in [-0.15, -0.1) is 0 Å². The van der Waals surface area contributed by atoms with Crippen LogP contribution in [-0.4, -0.2) is 7.11 Å². The first-order chi connectivity index (χ1) is 7.29. The Bertz CT molecular complexity index is 448. The maximum atomic E-state index is 5.12. The van der Waals surface area contributed by atoms with Gasteiger partial charge < -0.3 is 4.74 Å². The molecule has 0 atom stereocenters. The van der Waals surface area contributed by atoms with Crippen LogP contribution < -0.4 is 9.30 Å². The van der Waals surface area contributed by atoms with E-state index in [9.17, 15) is 0 Å². The first-order valence-electron chi connectivity index (χ1n) is 4.89. The summed E-state index contributed by atoms with van der Waals surface area (Å²) in [6.07, 6.45) is 4.12. The van der Waals surface area contributed by atoms with Gasteiger partial charge in [-0.3, -0.25) is 0 Å². The molecule has 1 aromatic heterocycles. The number of methoxy groups -OCH3 is 1. The number of ether oxygens (including phenoxy) is 1. The van der Waals surface area contributed by atoms with Gasteiger partial charge in [-0.1, -0.05) is 12.1 Å². The summed E-state index contributed by atoms with van der Waals surface area (Å²) in [6, 6.07) is 12.2. The minimum atomic E-state index is 0.888. The Balaban J connectivity index is 2.37. The number of aryl methyl sites for hydroxylation is 1. The third kappa shape index (κ3) is 2.15. The molecule has 0 aliphatic heterocycles. The summed E-state index contributed by atoms with van der Waals surface area (Å²) in [4.78, 5) is 0. The van der Waals surface area contributed by atoms with Gasteiger partial charge in [-0.25, -0.2) is 4.57 Å². The van der Waals surface area contributed by atoms with E-state index in [1.165, 1.54) is 11.1 Å². The van der Waals surface area contributed by atoms with Crippen molar-refractivity contribution in [3.8, 4) is 16.9 Å². The summed E-state index contributed by atoms with van der Waals surface area (Å²) in [5, 5.41) is 0. The van der Waals surface area contributed by atoms with Gasteiger partial charge in [0.2, 0.25) is 0 Å². The molecule has 0 aliphatic carbocycles. The molecule has 1 heterocycles. The van der Waals surface area contributed by atoms with Crippen LogP contribution in [0.3, 0.4) is 0 Å². The first kappa shape index (κ1) is 9.71. The van der Waals surface area contributed by atoms with Crippen LogP contribution in [0.25, 0.3) is 11.1 Å². The average Bonchev–Trinajstić information content (AvgIpc) is 2.29. The van der Waals surface area contributed by atoms with Crippen LogP contribution in [0.2, 0.25) is 0 Å². The van der Waals surface area contributed by atoms with Crippen molar-refractivity contribution in [2.24, 2.45) is 7.05 Å². The molecule has 0 amide bonds. The highest BCUT2D eigenvalue weighted by Crippen LogP contribution is 2.20. The van der Waals surface area contributed by atoms with Crippen molar-refractivity contribution in [2.45, 2.75) is 0 Å². The lowest BCUT2D eigenvalue weighted by Crippen LogP contribution is -2.26. The van der Waals surface area contributed by atoms with E-state index in [1.54, 1.807) is 7.11 Å². The van der Waals surface area contributed by atoms with Gasteiger partial charge >= 0.3 is 0 Å². The standard InChI is InChI=1S/C13H14NO/c1-14-9-3-4-12(10-14)11-5-7-13(15-2)8-6-11/h3-10H,1-2H3/q+1. The Morgan fingerprint density at radius 3 is 2.33 bits per heavy atom. The third-order valence-corrected chi connectivity index (χ3v) is 2.36. The Morgan fingerprint density at radius 2 is 1.73 bits per heavy atom. The monoisotopic (exact) mass is 200 g/mol. The van der Waals surface area contributed by atoms with Crippen molar-refractivity contribution in [1.29, 1.82) is 0 Å². The Hall–Kier alpha value is -1.83. The summed E-state index contributed by atoms with van der Waals surface area (Å²) in [5.74, 6) is 0.888. The van der Waals surface area contributed by atoms with Crippen LogP contribution in [0.15, 0.2) is 48.8 Å². The fraction of sp³-hybridized carbons (Fsp3) is 0.154.